The average molecular weight is 427 g/mol. The topological polar surface area (TPSA) is 68.5 Å². The van der Waals surface area contributed by atoms with Crippen LogP contribution in [-0.2, 0) is 4.74 Å². The van der Waals surface area contributed by atoms with Gasteiger partial charge in [0, 0.05) is 23.1 Å². The number of fused-ring (bicyclic) bond motifs is 1. The molecule has 1 aliphatic heterocycles. The van der Waals surface area contributed by atoms with Crippen molar-refractivity contribution in [3.63, 3.8) is 0 Å². The molecule has 0 saturated carbocycles. The van der Waals surface area contributed by atoms with E-state index in [4.69, 9.17) is 9.15 Å². The molecule has 0 saturated heterocycles. The van der Waals surface area contributed by atoms with Crippen molar-refractivity contribution in [3.05, 3.63) is 102 Å². The number of ether oxygens (including phenoxy) is 1. The summed E-state index contributed by atoms with van der Waals surface area (Å²) in [6.07, 6.45) is 0. The van der Waals surface area contributed by atoms with Gasteiger partial charge < -0.3 is 13.5 Å². The molecular weight excluding hydrogens is 410 g/mol. The van der Waals surface area contributed by atoms with Crippen LogP contribution in [0.4, 0.5) is 0 Å². The number of esters is 1. The predicted octanol–water partition coefficient (Wildman–Crippen LogP) is 5.37. The van der Waals surface area contributed by atoms with E-state index in [0.29, 0.717) is 22.9 Å². The van der Waals surface area contributed by atoms with Crippen molar-refractivity contribution in [3.8, 4) is 11.5 Å². The van der Waals surface area contributed by atoms with Crippen LogP contribution < -0.4 is 0 Å². The molecule has 6 nitrogen and oxygen atoms in total. The second-order valence-electron chi connectivity index (χ2n) is 6.80. The van der Waals surface area contributed by atoms with E-state index in [-0.39, 0.29) is 5.89 Å². The standard InChI is InChI=1S/C24H17N3O3S/c1-27-20(23-26-25-22(30-23)16-10-4-2-5-11-16)21(18-14-8-9-15-19(18)31-27)29-24(28)17-12-6-3-7-13-17/h2-15H,1H3. The normalized spacial score (nSPS) is 13.1. The van der Waals surface area contributed by atoms with Crippen molar-refractivity contribution < 1.29 is 13.9 Å². The smallest absolute Gasteiger partial charge is 0.343 e. The summed E-state index contributed by atoms with van der Waals surface area (Å²) in [5.74, 6) is 0.605. The lowest BCUT2D eigenvalue weighted by Gasteiger charge is -2.28. The third-order valence-corrected chi connectivity index (χ3v) is 5.76. The predicted molar refractivity (Wildman–Crippen MR) is 118 cm³/mol. The molecule has 0 atom stereocenters. The zero-order chi connectivity index (χ0) is 21.2. The van der Waals surface area contributed by atoms with Gasteiger partial charge in [0.25, 0.3) is 5.89 Å². The van der Waals surface area contributed by atoms with Crippen molar-refractivity contribution >= 4 is 29.4 Å². The highest BCUT2D eigenvalue weighted by Crippen LogP contribution is 2.44. The SMILES string of the molecule is CN1Sc2ccccc2C(OC(=O)c2ccccc2)=C1c1nnc(-c2ccccc2)o1. The van der Waals surface area contributed by atoms with Crippen LogP contribution in [0.3, 0.4) is 0 Å². The molecule has 2 heterocycles. The minimum Gasteiger partial charge on any atom is -0.420 e. The lowest BCUT2D eigenvalue weighted by Crippen LogP contribution is -2.18. The molecule has 0 fully saturated rings. The van der Waals surface area contributed by atoms with Crippen LogP contribution in [-0.4, -0.2) is 27.5 Å². The van der Waals surface area contributed by atoms with E-state index >= 15 is 0 Å². The lowest BCUT2D eigenvalue weighted by atomic mass is 10.1. The number of benzene rings is 3. The van der Waals surface area contributed by atoms with Gasteiger partial charge in [0.2, 0.25) is 5.89 Å². The Morgan fingerprint density at radius 2 is 1.52 bits per heavy atom. The molecule has 1 aromatic heterocycles. The quantitative estimate of drug-likeness (QED) is 0.320. The van der Waals surface area contributed by atoms with E-state index in [9.17, 15) is 4.79 Å². The van der Waals surface area contributed by atoms with Gasteiger partial charge in [-0.3, -0.25) is 0 Å². The van der Waals surface area contributed by atoms with Crippen molar-refractivity contribution in [2.75, 3.05) is 7.05 Å². The van der Waals surface area contributed by atoms with Gasteiger partial charge in [-0.1, -0.05) is 48.5 Å². The Labute approximate surface area is 183 Å². The Morgan fingerprint density at radius 1 is 0.871 bits per heavy atom. The number of hydrogen-bond acceptors (Lipinski definition) is 7. The highest BCUT2D eigenvalue weighted by atomic mass is 32.2. The lowest BCUT2D eigenvalue weighted by molar-refractivity contribution is 0.0691. The number of carbonyl (C=O) groups is 1. The van der Waals surface area contributed by atoms with Crippen LogP contribution in [0.1, 0.15) is 21.8 Å². The Morgan fingerprint density at radius 3 is 2.29 bits per heavy atom. The van der Waals surface area contributed by atoms with Gasteiger partial charge in [0.15, 0.2) is 11.5 Å². The Hall–Kier alpha value is -3.84. The Kier molecular flexibility index (Phi) is 5.01. The zero-order valence-electron chi connectivity index (χ0n) is 16.6. The van der Waals surface area contributed by atoms with Gasteiger partial charge in [-0.15, -0.1) is 10.2 Å². The van der Waals surface area contributed by atoms with Gasteiger partial charge in [0.05, 0.1) is 5.56 Å². The van der Waals surface area contributed by atoms with E-state index in [1.165, 1.54) is 11.9 Å². The summed E-state index contributed by atoms with van der Waals surface area (Å²) in [5, 5.41) is 8.45. The third kappa shape index (κ3) is 3.71. The van der Waals surface area contributed by atoms with Gasteiger partial charge in [-0.05, 0) is 48.3 Å². The first-order valence-electron chi connectivity index (χ1n) is 9.62. The number of hydrogen-bond donors (Lipinski definition) is 0. The van der Waals surface area contributed by atoms with Crippen LogP contribution >= 0.6 is 11.9 Å². The first-order chi connectivity index (χ1) is 15.2. The molecular formula is C24H17N3O3S. The van der Waals surface area contributed by atoms with Crippen LogP contribution in [0.2, 0.25) is 0 Å². The van der Waals surface area contributed by atoms with Crippen LogP contribution in [0.25, 0.3) is 22.9 Å². The average Bonchev–Trinajstić information content (AvgIpc) is 3.30. The number of aromatic nitrogens is 2. The van der Waals surface area contributed by atoms with Crippen LogP contribution in [0, 0.1) is 0 Å². The van der Waals surface area contributed by atoms with E-state index in [1.807, 2.05) is 72.0 Å². The summed E-state index contributed by atoms with van der Waals surface area (Å²) in [6, 6.07) is 26.2. The molecule has 3 aromatic carbocycles. The van der Waals surface area contributed by atoms with Crippen molar-refractivity contribution in [2.45, 2.75) is 4.90 Å². The Bertz CT molecular complexity index is 1270. The molecule has 0 radical (unpaired) electrons. The zero-order valence-corrected chi connectivity index (χ0v) is 17.4. The Balaban J connectivity index is 1.62. The van der Waals surface area contributed by atoms with Gasteiger partial charge in [-0.2, -0.15) is 0 Å². The molecule has 4 aromatic rings. The first-order valence-corrected chi connectivity index (χ1v) is 10.4. The molecule has 0 N–H and O–H groups in total. The van der Waals surface area contributed by atoms with Gasteiger partial charge >= 0.3 is 5.97 Å². The fourth-order valence-electron chi connectivity index (χ4n) is 3.27. The maximum absolute atomic E-state index is 12.9. The molecule has 0 amide bonds. The third-order valence-electron chi connectivity index (χ3n) is 4.75. The summed E-state index contributed by atoms with van der Waals surface area (Å²) >= 11 is 1.50. The monoisotopic (exact) mass is 427 g/mol. The fraction of sp³-hybridized carbons (Fsp3) is 0.0417. The molecule has 31 heavy (non-hydrogen) atoms. The highest BCUT2D eigenvalue weighted by molar-refractivity contribution is 7.97. The number of carbonyl (C=O) groups excluding carboxylic acids is 1. The maximum Gasteiger partial charge on any atom is 0.343 e. The summed E-state index contributed by atoms with van der Waals surface area (Å²) in [7, 11) is 1.87. The van der Waals surface area contributed by atoms with Crippen molar-refractivity contribution in [1.82, 2.24) is 14.5 Å². The molecule has 7 heteroatoms. The maximum atomic E-state index is 12.9. The van der Waals surface area contributed by atoms with Gasteiger partial charge in [-0.25, -0.2) is 4.79 Å². The summed E-state index contributed by atoms with van der Waals surface area (Å²) in [4.78, 5) is 13.8. The van der Waals surface area contributed by atoms with Crippen LogP contribution in [0.15, 0.2) is 94.2 Å². The van der Waals surface area contributed by atoms with E-state index in [2.05, 4.69) is 10.2 Å². The molecule has 0 unspecified atom stereocenters. The van der Waals surface area contributed by atoms with E-state index in [1.54, 1.807) is 24.3 Å². The summed E-state index contributed by atoms with van der Waals surface area (Å²) in [5.41, 5.74) is 2.62. The summed E-state index contributed by atoms with van der Waals surface area (Å²) < 4.78 is 13.8. The largest absolute Gasteiger partial charge is 0.420 e. The second-order valence-corrected chi connectivity index (χ2v) is 7.97. The molecule has 152 valence electrons. The molecule has 0 aliphatic carbocycles. The molecule has 5 rings (SSSR count). The first kappa shape index (κ1) is 19.1. The fourth-order valence-corrected chi connectivity index (χ4v) is 4.22. The second kappa shape index (κ2) is 8.12. The highest BCUT2D eigenvalue weighted by Gasteiger charge is 2.31. The summed E-state index contributed by atoms with van der Waals surface area (Å²) in [6.45, 7) is 0. The minimum absolute atomic E-state index is 0.277. The number of rotatable bonds is 4. The molecule has 0 spiro atoms. The van der Waals surface area contributed by atoms with Crippen molar-refractivity contribution in [2.24, 2.45) is 0 Å². The minimum atomic E-state index is -0.453. The van der Waals surface area contributed by atoms with E-state index in [0.717, 1.165) is 16.0 Å². The van der Waals surface area contributed by atoms with Gasteiger partial charge in [0.1, 0.15) is 0 Å². The molecule has 1 aliphatic rings. The molecule has 0 bridgehead atoms. The van der Waals surface area contributed by atoms with Crippen molar-refractivity contribution in [1.29, 1.82) is 0 Å². The van der Waals surface area contributed by atoms with Crippen LogP contribution in [0.5, 0.6) is 0 Å². The van der Waals surface area contributed by atoms with E-state index < -0.39 is 5.97 Å². The number of nitrogens with zero attached hydrogens (tertiary/aromatic N) is 3.